The molecule has 2 nitrogen and oxygen atoms in total. The predicted octanol–water partition coefficient (Wildman–Crippen LogP) is 3.36. The third-order valence-corrected chi connectivity index (χ3v) is 3.95. The van der Waals surface area contributed by atoms with Gasteiger partial charge in [-0.2, -0.15) is 0 Å². The quantitative estimate of drug-likeness (QED) is 0.895. The number of nitrogens with two attached hydrogens (primary N) is 1. The fourth-order valence-corrected chi connectivity index (χ4v) is 2.71. The topological polar surface area (TPSA) is 38.9 Å². The van der Waals surface area contributed by atoms with E-state index in [2.05, 4.69) is 48.5 Å². The van der Waals surface area contributed by atoms with E-state index in [-0.39, 0.29) is 0 Å². The molecule has 0 saturated heterocycles. The van der Waals surface area contributed by atoms with E-state index >= 15 is 0 Å². The Bertz CT molecular complexity index is 485. The monoisotopic (exact) mass is 260 g/mol. The van der Waals surface area contributed by atoms with Crippen LogP contribution in [-0.2, 0) is 12.8 Å². The van der Waals surface area contributed by atoms with Gasteiger partial charge in [0.1, 0.15) is 0 Å². The molecule has 3 heteroatoms. The molecule has 18 heavy (non-hydrogen) atoms. The van der Waals surface area contributed by atoms with Gasteiger partial charge in [0.15, 0.2) is 0 Å². The van der Waals surface area contributed by atoms with Gasteiger partial charge in [-0.3, -0.25) is 0 Å². The molecule has 0 bridgehead atoms. The molecule has 1 heterocycles. The first-order chi connectivity index (χ1) is 8.69. The van der Waals surface area contributed by atoms with Gasteiger partial charge >= 0.3 is 0 Å². The predicted molar refractivity (Wildman–Crippen MR) is 78.2 cm³/mol. The number of hydrogen-bond donors (Lipinski definition) is 1. The van der Waals surface area contributed by atoms with E-state index in [0.29, 0.717) is 12.5 Å². The number of thiazole rings is 1. The lowest BCUT2D eigenvalue weighted by Gasteiger charge is -2.06. The lowest BCUT2D eigenvalue weighted by atomic mass is 10.0. The van der Waals surface area contributed by atoms with Gasteiger partial charge < -0.3 is 5.73 Å². The van der Waals surface area contributed by atoms with Crippen LogP contribution in [0.2, 0.25) is 0 Å². The maximum absolute atomic E-state index is 5.53. The van der Waals surface area contributed by atoms with Gasteiger partial charge in [0.25, 0.3) is 0 Å². The standard InChI is InChI=1S/C15H20N2S/c1-11(2)13-5-3-12(4-6-13)9-14-10-18-15(17-14)7-8-16/h3-6,10-11H,7-9,16H2,1-2H3. The van der Waals surface area contributed by atoms with Crippen LogP contribution in [0.15, 0.2) is 29.6 Å². The van der Waals surface area contributed by atoms with E-state index in [4.69, 9.17) is 5.73 Å². The first kappa shape index (κ1) is 13.2. The van der Waals surface area contributed by atoms with Gasteiger partial charge in [-0.05, 0) is 23.6 Å². The van der Waals surface area contributed by atoms with E-state index in [1.807, 2.05) is 0 Å². The fraction of sp³-hybridized carbons (Fsp3) is 0.400. The molecule has 2 N–H and O–H groups in total. The van der Waals surface area contributed by atoms with Gasteiger partial charge in [0, 0.05) is 18.2 Å². The van der Waals surface area contributed by atoms with Crippen LogP contribution in [0.4, 0.5) is 0 Å². The summed E-state index contributed by atoms with van der Waals surface area (Å²) in [5.41, 5.74) is 9.40. The zero-order chi connectivity index (χ0) is 13.0. The third kappa shape index (κ3) is 3.40. The number of benzene rings is 1. The highest BCUT2D eigenvalue weighted by atomic mass is 32.1. The molecule has 2 rings (SSSR count). The molecule has 0 saturated carbocycles. The van der Waals surface area contributed by atoms with Crippen molar-refractivity contribution in [2.45, 2.75) is 32.6 Å². The average Bonchev–Trinajstić information content (AvgIpc) is 2.78. The summed E-state index contributed by atoms with van der Waals surface area (Å²) in [7, 11) is 0. The molecule has 0 fully saturated rings. The highest BCUT2D eigenvalue weighted by Crippen LogP contribution is 2.18. The Morgan fingerprint density at radius 1 is 1.22 bits per heavy atom. The number of aromatic nitrogens is 1. The lowest BCUT2D eigenvalue weighted by molar-refractivity contribution is 0.865. The molecule has 0 spiro atoms. The van der Waals surface area contributed by atoms with Crippen molar-refractivity contribution >= 4 is 11.3 Å². The summed E-state index contributed by atoms with van der Waals surface area (Å²) in [6.07, 6.45) is 1.80. The number of hydrogen-bond acceptors (Lipinski definition) is 3. The molecule has 96 valence electrons. The van der Waals surface area contributed by atoms with Crippen molar-refractivity contribution in [2.75, 3.05) is 6.54 Å². The summed E-state index contributed by atoms with van der Waals surface area (Å²) in [4.78, 5) is 4.59. The van der Waals surface area contributed by atoms with Crippen molar-refractivity contribution in [1.29, 1.82) is 0 Å². The average molecular weight is 260 g/mol. The van der Waals surface area contributed by atoms with Crippen molar-refractivity contribution in [3.8, 4) is 0 Å². The van der Waals surface area contributed by atoms with E-state index in [1.165, 1.54) is 11.1 Å². The van der Waals surface area contributed by atoms with Crippen molar-refractivity contribution in [2.24, 2.45) is 5.73 Å². The second-order valence-electron chi connectivity index (χ2n) is 4.84. The Morgan fingerprint density at radius 3 is 2.56 bits per heavy atom. The molecule has 1 aromatic carbocycles. The Labute approximate surface area is 113 Å². The molecule has 0 amide bonds. The van der Waals surface area contributed by atoms with Crippen LogP contribution in [0.1, 0.15) is 41.6 Å². The summed E-state index contributed by atoms with van der Waals surface area (Å²) >= 11 is 1.71. The molecular formula is C15H20N2S. The van der Waals surface area contributed by atoms with Crippen molar-refractivity contribution < 1.29 is 0 Å². The van der Waals surface area contributed by atoms with E-state index in [0.717, 1.165) is 23.5 Å². The zero-order valence-corrected chi connectivity index (χ0v) is 11.8. The molecule has 2 aromatic rings. The van der Waals surface area contributed by atoms with Gasteiger partial charge in [-0.15, -0.1) is 11.3 Å². The Hall–Kier alpha value is -1.19. The summed E-state index contributed by atoms with van der Waals surface area (Å²) in [5, 5.41) is 3.28. The molecule has 0 aliphatic rings. The smallest absolute Gasteiger partial charge is 0.0940 e. The highest BCUT2D eigenvalue weighted by molar-refractivity contribution is 7.09. The Kier molecular flexibility index (Phi) is 4.50. The second-order valence-corrected chi connectivity index (χ2v) is 5.79. The fourth-order valence-electron chi connectivity index (χ4n) is 1.90. The molecule has 0 radical (unpaired) electrons. The highest BCUT2D eigenvalue weighted by Gasteiger charge is 2.04. The Morgan fingerprint density at radius 2 is 1.94 bits per heavy atom. The molecule has 0 atom stereocenters. The molecule has 0 unspecified atom stereocenters. The summed E-state index contributed by atoms with van der Waals surface area (Å²) in [6, 6.07) is 8.84. The molecule has 0 aliphatic carbocycles. The van der Waals surface area contributed by atoms with E-state index < -0.39 is 0 Å². The summed E-state index contributed by atoms with van der Waals surface area (Å²) in [6.45, 7) is 5.11. The maximum Gasteiger partial charge on any atom is 0.0940 e. The van der Waals surface area contributed by atoms with E-state index in [9.17, 15) is 0 Å². The molecular weight excluding hydrogens is 240 g/mol. The second kappa shape index (κ2) is 6.12. The van der Waals surface area contributed by atoms with Gasteiger partial charge in [0.05, 0.1) is 10.7 Å². The SMILES string of the molecule is CC(C)c1ccc(Cc2csc(CCN)n2)cc1. The van der Waals surface area contributed by atoms with Gasteiger partial charge in [0.2, 0.25) is 0 Å². The van der Waals surface area contributed by atoms with Crippen LogP contribution >= 0.6 is 11.3 Å². The lowest BCUT2D eigenvalue weighted by Crippen LogP contribution is -2.02. The first-order valence-corrected chi connectivity index (χ1v) is 7.29. The van der Waals surface area contributed by atoms with Crippen molar-refractivity contribution in [1.82, 2.24) is 4.98 Å². The minimum Gasteiger partial charge on any atom is -0.330 e. The van der Waals surface area contributed by atoms with Gasteiger partial charge in [-0.25, -0.2) is 4.98 Å². The zero-order valence-electron chi connectivity index (χ0n) is 11.0. The maximum atomic E-state index is 5.53. The normalized spacial score (nSPS) is 11.1. The van der Waals surface area contributed by atoms with Crippen LogP contribution in [0.25, 0.3) is 0 Å². The largest absolute Gasteiger partial charge is 0.330 e. The summed E-state index contributed by atoms with van der Waals surface area (Å²) in [5.74, 6) is 0.592. The summed E-state index contributed by atoms with van der Waals surface area (Å²) < 4.78 is 0. The minimum absolute atomic E-state index is 0.592. The Balaban J connectivity index is 2.03. The van der Waals surface area contributed by atoms with Crippen LogP contribution < -0.4 is 5.73 Å². The minimum atomic E-state index is 0.592. The molecule has 0 aliphatic heterocycles. The van der Waals surface area contributed by atoms with Crippen LogP contribution in [0.5, 0.6) is 0 Å². The van der Waals surface area contributed by atoms with Crippen molar-refractivity contribution in [3.05, 3.63) is 51.5 Å². The van der Waals surface area contributed by atoms with Crippen LogP contribution in [-0.4, -0.2) is 11.5 Å². The number of nitrogens with zero attached hydrogens (tertiary/aromatic N) is 1. The van der Waals surface area contributed by atoms with Crippen LogP contribution in [0, 0.1) is 0 Å². The van der Waals surface area contributed by atoms with Crippen LogP contribution in [0.3, 0.4) is 0 Å². The van der Waals surface area contributed by atoms with Gasteiger partial charge in [-0.1, -0.05) is 38.1 Å². The molecule has 1 aromatic heterocycles. The van der Waals surface area contributed by atoms with Crippen molar-refractivity contribution in [3.63, 3.8) is 0 Å². The van der Waals surface area contributed by atoms with E-state index in [1.54, 1.807) is 11.3 Å². The first-order valence-electron chi connectivity index (χ1n) is 6.41. The third-order valence-electron chi connectivity index (χ3n) is 2.99. The number of rotatable bonds is 5.